The van der Waals surface area contributed by atoms with Crippen molar-refractivity contribution in [2.24, 2.45) is 0 Å². The number of hydrogen-bond donors (Lipinski definition) is 1. The van der Waals surface area contributed by atoms with Gasteiger partial charge in [0.15, 0.2) is 0 Å². The van der Waals surface area contributed by atoms with Gasteiger partial charge in [-0.25, -0.2) is 0 Å². The standard InChI is InChI=1S/C13H21NS/c1-13(2,14-3)9-11-8-10-6-4-5-7-12(10)15-11/h8,14H,4-7,9H2,1-3H3. The van der Waals surface area contributed by atoms with Crippen LogP contribution in [-0.2, 0) is 19.3 Å². The molecule has 1 nitrogen and oxygen atoms in total. The Morgan fingerprint density at radius 2 is 2.07 bits per heavy atom. The summed E-state index contributed by atoms with van der Waals surface area (Å²) in [5, 5.41) is 3.38. The molecule has 1 heterocycles. The molecule has 1 aromatic heterocycles. The summed E-state index contributed by atoms with van der Waals surface area (Å²) in [4.78, 5) is 3.21. The molecule has 0 unspecified atom stereocenters. The highest BCUT2D eigenvalue weighted by atomic mass is 32.1. The van der Waals surface area contributed by atoms with Crippen LogP contribution in [0.2, 0.25) is 0 Å². The zero-order valence-corrected chi connectivity index (χ0v) is 10.8. The second-order valence-electron chi connectivity index (χ2n) is 5.18. The summed E-state index contributed by atoms with van der Waals surface area (Å²) < 4.78 is 0. The lowest BCUT2D eigenvalue weighted by Crippen LogP contribution is -2.38. The van der Waals surface area contributed by atoms with Gasteiger partial charge in [0.1, 0.15) is 0 Å². The van der Waals surface area contributed by atoms with Gasteiger partial charge in [-0.1, -0.05) is 0 Å². The van der Waals surface area contributed by atoms with Crippen LogP contribution in [0.4, 0.5) is 0 Å². The third-order valence-electron chi connectivity index (χ3n) is 3.34. The molecule has 0 atom stereocenters. The van der Waals surface area contributed by atoms with E-state index in [1.165, 1.54) is 25.7 Å². The van der Waals surface area contributed by atoms with E-state index < -0.39 is 0 Å². The van der Waals surface area contributed by atoms with Gasteiger partial charge in [-0.3, -0.25) is 0 Å². The van der Waals surface area contributed by atoms with Crippen molar-refractivity contribution >= 4 is 11.3 Å². The molecular formula is C13H21NS. The van der Waals surface area contributed by atoms with Crippen LogP contribution in [0.3, 0.4) is 0 Å². The first kappa shape index (κ1) is 11.2. The van der Waals surface area contributed by atoms with Crippen molar-refractivity contribution in [2.75, 3.05) is 7.05 Å². The maximum atomic E-state index is 3.38. The highest BCUT2D eigenvalue weighted by Gasteiger charge is 2.19. The number of rotatable bonds is 3. The Labute approximate surface area is 96.9 Å². The summed E-state index contributed by atoms with van der Waals surface area (Å²) in [6.07, 6.45) is 6.56. The minimum Gasteiger partial charge on any atom is -0.314 e. The third-order valence-corrected chi connectivity index (χ3v) is 4.58. The van der Waals surface area contributed by atoms with Crippen LogP contribution in [0, 0.1) is 0 Å². The maximum absolute atomic E-state index is 3.38. The summed E-state index contributed by atoms with van der Waals surface area (Å²) >= 11 is 2.04. The topological polar surface area (TPSA) is 12.0 Å². The van der Waals surface area contributed by atoms with E-state index in [0.717, 1.165) is 6.42 Å². The SMILES string of the molecule is CNC(C)(C)Cc1cc2c(s1)CCCC2. The summed E-state index contributed by atoms with van der Waals surface area (Å²) in [6, 6.07) is 2.44. The van der Waals surface area contributed by atoms with E-state index in [-0.39, 0.29) is 5.54 Å². The van der Waals surface area contributed by atoms with Gasteiger partial charge in [0.25, 0.3) is 0 Å². The van der Waals surface area contributed by atoms with Crippen molar-refractivity contribution in [1.82, 2.24) is 5.32 Å². The maximum Gasteiger partial charge on any atom is 0.0170 e. The fourth-order valence-electron chi connectivity index (χ4n) is 2.16. The number of aryl methyl sites for hydroxylation is 2. The van der Waals surface area contributed by atoms with E-state index in [2.05, 4.69) is 25.2 Å². The van der Waals surface area contributed by atoms with Gasteiger partial charge in [-0.15, -0.1) is 11.3 Å². The second kappa shape index (κ2) is 4.26. The van der Waals surface area contributed by atoms with Crippen molar-refractivity contribution in [1.29, 1.82) is 0 Å². The Kier molecular flexibility index (Phi) is 3.17. The molecule has 0 radical (unpaired) electrons. The van der Waals surface area contributed by atoms with Crippen molar-refractivity contribution in [3.63, 3.8) is 0 Å². The molecule has 0 bridgehead atoms. The molecule has 1 N–H and O–H groups in total. The zero-order chi connectivity index (χ0) is 10.9. The predicted octanol–water partition coefficient (Wildman–Crippen LogP) is 3.17. The molecule has 1 aliphatic carbocycles. The van der Waals surface area contributed by atoms with E-state index in [1.807, 2.05) is 18.4 Å². The highest BCUT2D eigenvalue weighted by molar-refractivity contribution is 7.12. The average Bonchev–Trinajstić information content (AvgIpc) is 2.58. The van der Waals surface area contributed by atoms with Crippen molar-refractivity contribution in [3.05, 3.63) is 21.4 Å². The molecular weight excluding hydrogens is 202 g/mol. The van der Waals surface area contributed by atoms with Crippen LogP contribution in [-0.4, -0.2) is 12.6 Å². The molecule has 0 fully saturated rings. The Balaban J connectivity index is 2.13. The molecule has 0 spiro atoms. The molecule has 1 aromatic rings. The number of likely N-dealkylation sites (N-methyl/N-ethyl adjacent to an activating group) is 1. The molecule has 84 valence electrons. The fourth-order valence-corrected chi connectivity index (χ4v) is 3.65. The Hall–Kier alpha value is -0.340. The summed E-state index contributed by atoms with van der Waals surface area (Å²) in [7, 11) is 2.05. The van der Waals surface area contributed by atoms with E-state index >= 15 is 0 Å². The highest BCUT2D eigenvalue weighted by Crippen LogP contribution is 2.31. The third kappa shape index (κ3) is 2.61. The monoisotopic (exact) mass is 223 g/mol. The smallest absolute Gasteiger partial charge is 0.0170 e. The molecule has 0 aliphatic heterocycles. The van der Waals surface area contributed by atoms with Crippen LogP contribution in [0.25, 0.3) is 0 Å². The Morgan fingerprint density at radius 1 is 1.33 bits per heavy atom. The number of thiophene rings is 1. The molecule has 1 aliphatic rings. The molecule has 2 rings (SSSR count). The lowest BCUT2D eigenvalue weighted by Gasteiger charge is -2.22. The van der Waals surface area contributed by atoms with Gasteiger partial charge in [0.2, 0.25) is 0 Å². The van der Waals surface area contributed by atoms with E-state index in [1.54, 1.807) is 15.3 Å². The van der Waals surface area contributed by atoms with Crippen LogP contribution in [0.1, 0.15) is 42.0 Å². The normalized spacial score (nSPS) is 16.5. The van der Waals surface area contributed by atoms with Gasteiger partial charge in [0, 0.05) is 15.3 Å². The second-order valence-corrected chi connectivity index (χ2v) is 6.40. The van der Waals surface area contributed by atoms with Gasteiger partial charge >= 0.3 is 0 Å². The van der Waals surface area contributed by atoms with Crippen molar-refractivity contribution in [3.8, 4) is 0 Å². The summed E-state index contributed by atoms with van der Waals surface area (Å²) in [5.74, 6) is 0. The van der Waals surface area contributed by atoms with Gasteiger partial charge in [-0.2, -0.15) is 0 Å². The average molecular weight is 223 g/mol. The number of hydrogen-bond acceptors (Lipinski definition) is 2. The van der Waals surface area contributed by atoms with Crippen LogP contribution in [0.5, 0.6) is 0 Å². The fraction of sp³-hybridized carbons (Fsp3) is 0.692. The lowest BCUT2D eigenvalue weighted by atomic mass is 9.96. The van der Waals surface area contributed by atoms with Gasteiger partial charge in [0.05, 0.1) is 0 Å². The van der Waals surface area contributed by atoms with Gasteiger partial charge in [-0.05, 0) is 64.6 Å². The quantitative estimate of drug-likeness (QED) is 0.830. The minimum absolute atomic E-state index is 0.230. The largest absolute Gasteiger partial charge is 0.314 e. The molecule has 0 aromatic carbocycles. The molecule has 0 saturated heterocycles. The van der Waals surface area contributed by atoms with Crippen LogP contribution < -0.4 is 5.32 Å². The first-order chi connectivity index (χ1) is 7.11. The minimum atomic E-state index is 0.230. The first-order valence-corrected chi connectivity index (χ1v) is 6.72. The zero-order valence-electron chi connectivity index (χ0n) is 10.0. The lowest BCUT2D eigenvalue weighted by molar-refractivity contribution is 0.425. The van der Waals surface area contributed by atoms with Crippen molar-refractivity contribution < 1.29 is 0 Å². The number of fused-ring (bicyclic) bond motifs is 1. The van der Waals surface area contributed by atoms with Crippen LogP contribution in [0.15, 0.2) is 6.07 Å². The molecule has 0 saturated carbocycles. The summed E-state index contributed by atoms with van der Waals surface area (Å²) in [5.41, 5.74) is 1.86. The molecule has 0 amide bonds. The van der Waals surface area contributed by atoms with E-state index in [0.29, 0.717) is 0 Å². The van der Waals surface area contributed by atoms with Gasteiger partial charge < -0.3 is 5.32 Å². The Morgan fingerprint density at radius 3 is 2.73 bits per heavy atom. The predicted molar refractivity (Wildman–Crippen MR) is 67.8 cm³/mol. The van der Waals surface area contributed by atoms with Crippen molar-refractivity contribution in [2.45, 2.75) is 51.5 Å². The molecule has 15 heavy (non-hydrogen) atoms. The van der Waals surface area contributed by atoms with E-state index in [4.69, 9.17) is 0 Å². The Bertz CT molecular complexity index is 315. The van der Waals surface area contributed by atoms with Crippen LogP contribution >= 0.6 is 11.3 Å². The number of nitrogens with one attached hydrogen (secondary N) is 1. The summed E-state index contributed by atoms with van der Waals surface area (Å²) in [6.45, 7) is 4.54. The van der Waals surface area contributed by atoms with E-state index in [9.17, 15) is 0 Å². The molecule has 2 heteroatoms. The first-order valence-electron chi connectivity index (χ1n) is 5.90.